The Balaban J connectivity index is 1.63. The highest BCUT2D eigenvalue weighted by Crippen LogP contribution is 2.27. The fraction of sp³-hybridized carbons (Fsp3) is 0.318. The third kappa shape index (κ3) is 5.50. The first-order valence-electron chi connectivity index (χ1n) is 9.52. The maximum absolute atomic E-state index is 12.8. The zero-order chi connectivity index (χ0) is 20.8. The Labute approximate surface area is 180 Å². The maximum atomic E-state index is 12.8. The van der Waals surface area contributed by atoms with Gasteiger partial charge in [-0.2, -0.15) is 5.26 Å². The van der Waals surface area contributed by atoms with Gasteiger partial charge in [-0.15, -0.1) is 0 Å². The Kier molecular flexibility index (Phi) is 7.13. The first-order chi connectivity index (χ1) is 14.0. The summed E-state index contributed by atoms with van der Waals surface area (Å²) in [5, 5.41) is 12.5. The molecule has 1 heterocycles. The lowest BCUT2D eigenvalue weighted by Gasteiger charge is -2.35. The van der Waals surface area contributed by atoms with Crippen LogP contribution in [0.5, 0.6) is 0 Å². The zero-order valence-corrected chi connectivity index (χ0v) is 17.3. The number of nitrogens with one attached hydrogen (secondary N) is 1. The fourth-order valence-corrected chi connectivity index (χ4v) is 3.91. The number of carbonyl (C=O) groups excluding carboxylic acids is 2. The van der Waals surface area contributed by atoms with E-state index in [9.17, 15) is 9.59 Å². The van der Waals surface area contributed by atoms with E-state index in [0.717, 1.165) is 18.4 Å². The monoisotopic (exact) mass is 429 g/mol. The summed E-state index contributed by atoms with van der Waals surface area (Å²) in [6.07, 6.45) is 3.29. The summed E-state index contributed by atoms with van der Waals surface area (Å²) in [7, 11) is 0. The van der Waals surface area contributed by atoms with Crippen LogP contribution in [0, 0.1) is 11.3 Å². The molecule has 5 nitrogen and oxygen atoms in total. The van der Waals surface area contributed by atoms with Crippen molar-refractivity contribution < 1.29 is 9.59 Å². The van der Waals surface area contributed by atoms with Gasteiger partial charge < -0.3 is 10.2 Å². The molecule has 0 saturated carbocycles. The third-order valence-corrected chi connectivity index (χ3v) is 5.57. The van der Waals surface area contributed by atoms with Crippen LogP contribution in [0.3, 0.4) is 0 Å². The molecule has 7 heteroatoms. The molecule has 0 bridgehead atoms. The number of aryl methyl sites for hydroxylation is 1. The summed E-state index contributed by atoms with van der Waals surface area (Å²) in [4.78, 5) is 27.3. The van der Waals surface area contributed by atoms with Crippen LogP contribution in [0.15, 0.2) is 42.5 Å². The van der Waals surface area contributed by atoms with Gasteiger partial charge in [0.25, 0.3) is 0 Å². The number of carbonyl (C=O) groups is 2. The van der Waals surface area contributed by atoms with Crippen molar-refractivity contribution in [2.45, 2.75) is 38.1 Å². The van der Waals surface area contributed by atoms with Crippen LogP contribution in [0.1, 0.15) is 36.8 Å². The minimum Gasteiger partial charge on any atom is -0.331 e. The van der Waals surface area contributed by atoms with Gasteiger partial charge in [-0.05, 0) is 61.6 Å². The van der Waals surface area contributed by atoms with E-state index in [1.165, 1.54) is 0 Å². The molecule has 1 aliphatic rings. The Bertz CT molecular complexity index is 938. The van der Waals surface area contributed by atoms with E-state index >= 15 is 0 Å². The molecule has 3 rings (SSSR count). The normalized spacial score (nSPS) is 16.2. The SMILES string of the molecule is N#Cc1ccc(CCC(=O)N2CCCCC2C(=O)Nc2ccc(Cl)cc2Cl)cc1. The van der Waals surface area contributed by atoms with Crippen molar-refractivity contribution in [2.24, 2.45) is 0 Å². The van der Waals surface area contributed by atoms with Gasteiger partial charge in [0.15, 0.2) is 0 Å². The standard InChI is InChI=1S/C22H21Cl2N3O2/c23-17-9-10-19(18(24)13-17)26-22(29)20-3-1-2-12-27(20)21(28)11-8-15-4-6-16(14-25)7-5-15/h4-7,9-10,13,20H,1-3,8,11-12H2,(H,26,29). The van der Waals surface area contributed by atoms with Crippen LogP contribution >= 0.6 is 23.2 Å². The molecular formula is C22H21Cl2N3O2. The lowest BCUT2D eigenvalue weighted by atomic mass is 9.99. The average Bonchev–Trinajstić information content (AvgIpc) is 2.74. The lowest BCUT2D eigenvalue weighted by Crippen LogP contribution is -2.50. The number of rotatable bonds is 5. The van der Waals surface area contributed by atoms with E-state index in [-0.39, 0.29) is 11.8 Å². The molecule has 0 radical (unpaired) electrons. The van der Waals surface area contributed by atoms with Crippen molar-refractivity contribution in [3.05, 3.63) is 63.6 Å². The van der Waals surface area contributed by atoms with Crippen molar-refractivity contribution in [3.8, 4) is 6.07 Å². The van der Waals surface area contributed by atoms with E-state index < -0.39 is 6.04 Å². The molecule has 2 aromatic carbocycles. The minimum absolute atomic E-state index is 0.0450. The second-order valence-electron chi connectivity index (χ2n) is 7.02. The maximum Gasteiger partial charge on any atom is 0.247 e. The number of nitrogens with zero attached hydrogens (tertiary/aromatic N) is 2. The highest BCUT2D eigenvalue weighted by Gasteiger charge is 2.32. The van der Waals surface area contributed by atoms with Gasteiger partial charge in [0.1, 0.15) is 6.04 Å². The molecule has 29 heavy (non-hydrogen) atoms. The van der Waals surface area contributed by atoms with Crippen molar-refractivity contribution in [3.63, 3.8) is 0 Å². The molecule has 1 N–H and O–H groups in total. The molecule has 1 fully saturated rings. The van der Waals surface area contributed by atoms with Gasteiger partial charge >= 0.3 is 0 Å². The fourth-order valence-electron chi connectivity index (χ4n) is 3.45. The summed E-state index contributed by atoms with van der Waals surface area (Å²) in [5.74, 6) is -0.281. The number of likely N-dealkylation sites (tertiary alicyclic amines) is 1. The van der Waals surface area contributed by atoms with Crippen LogP contribution in [-0.4, -0.2) is 29.3 Å². The number of hydrogen-bond acceptors (Lipinski definition) is 3. The molecule has 2 amide bonds. The number of benzene rings is 2. The van der Waals surface area contributed by atoms with Crippen LogP contribution in [0.4, 0.5) is 5.69 Å². The van der Waals surface area contributed by atoms with Crippen molar-refractivity contribution in [2.75, 3.05) is 11.9 Å². The summed E-state index contributed by atoms with van der Waals surface area (Å²) < 4.78 is 0. The highest BCUT2D eigenvalue weighted by atomic mass is 35.5. The molecule has 150 valence electrons. The van der Waals surface area contributed by atoms with Crippen molar-refractivity contribution in [1.82, 2.24) is 4.90 Å². The summed E-state index contributed by atoms with van der Waals surface area (Å²) in [6.45, 7) is 0.568. The summed E-state index contributed by atoms with van der Waals surface area (Å²) >= 11 is 12.1. The number of anilines is 1. The van der Waals surface area contributed by atoms with Gasteiger partial charge in [-0.25, -0.2) is 0 Å². The second-order valence-corrected chi connectivity index (χ2v) is 7.86. The Morgan fingerprint density at radius 3 is 2.59 bits per heavy atom. The lowest BCUT2D eigenvalue weighted by molar-refractivity contribution is -0.140. The first kappa shape index (κ1) is 21.2. The quantitative estimate of drug-likeness (QED) is 0.740. The molecule has 0 aromatic heterocycles. The van der Waals surface area contributed by atoms with Gasteiger partial charge in [-0.1, -0.05) is 35.3 Å². The molecule has 1 atom stereocenters. The predicted octanol–water partition coefficient (Wildman–Crippen LogP) is 4.82. The molecule has 0 spiro atoms. The van der Waals surface area contributed by atoms with Crippen LogP contribution in [0.2, 0.25) is 10.0 Å². The molecule has 1 saturated heterocycles. The van der Waals surface area contributed by atoms with Gasteiger partial charge in [0.05, 0.1) is 22.3 Å². The van der Waals surface area contributed by atoms with Crippen LogP contribution in [0.25, 0.3) is 0 Å². The Morgan fingerprint density at radius 2 is 1.90 bits per heavy atom. The van der Waals surface area contributed by atoms with Gasteiger partial charge in [-0.3, -0.25) is 9.59 Å². The second kappa shape index (κ2) is 9.78. The topological polar surface area (TPSA) is 73.2 Å². The molecular weight excluding hydrogens is 409 g/mol. The summed E-state index contributed by atoms with van der Waals surface area (Å²) in [5.41, 5.74) is 2.06. The Hall–Kier alpha value is -2.55. The van der Waals surface area contributed by atoms with E-state index in [0.29, 0.717) is 47.1 Å². The van der Waals surface area contributed by atoms with Crippen LogP contribution in [-0.2, 0) is 16.0 Å². The molecule has 1 aliphatic heterocycles. The van der Waals surface area contributed by atoms with E-state index in [4.69, 9.17) is 28.5 Å². The number of halogens is 2. The number of piperidine rings is 1. The first-order valence-corrected chi connectivity index (χ1v) is 10.3. The number of hydrogen-bond donors (Lipinski definition) is 1. The molecule has 1 unspecified atom stereocenters. The van der Waals surface area contributed by atoms with Crippen molar-refractivity contribution >= 4 is 40.7 Å². The molecule has 0 aliphatic carbocycles. The van der Waals surface area contributed by atoms with E-state index in [2.05, 4.69) is 11.4 Å². The predicted molar refractivity (Wildman–Crippen MR) is 114 cm³/mol. The van der Waals surface area contributed by atoms with E-state index in [1.54, 1.807) is 35.2 Å². The van der Waals surface area contributed by atoms with E-state index in [1.807, 2.05) is 12.1 Å². The van der Waals surface area contributed by atoms with Gasteiger partial charge in [0, 0.05) is 18.0 Å². The largest absolute Gasteiger partial charge is 0.331 e. The summed E-state index contributed by atoms with van der Waals surface area (Å²) in [6, 6.07) is 13.6. The van der Waals surface area contributed by atoms with Crippen LogP contribution < -0.4 is 5.32 Å². The smallest absolute Gasteiger partial charge is 0.247 e. The average molecular weight is 430 g/mol. The molecule has 2 aromatic rings. The zero-order valence-electron chi connectivity index (χ0n) is 15.8. The minimum atomic E-state index is -0.510. The van der Waals surface area contributed by atoms with Gasteiger partial charge in [0.2, 0.25) is 11.8 Å². The number of amides is 2. The highest BCUT2D eigenvalue weighted by molar-refractivity contribution is 6.36. The Morgan fingerprint density at radius 1 is 1.14 bits per heavy atom. The number of nitriles is 1. The third-order valence-electron chi connectivity index (χ3n) is 5.03. The van der Waals surface area contributed by atoms with Crippen molar-refractivity contribution in [1.29, 1.82) is 5.26 Å².